The molecule has 5 rings (SSSR count). The first-order valence-electron chi connectivity index (χ1n) is 11.6. The summed E-state index contributed by atoms with van der Waals surface area (Å²) in [5, 5.41) is 20.4. The third kappa shape index (κ3) is 5.01. The van der Waals surface area contributed by atoms with Crippen LogP contribution in [0.15, 0.2) is 55.0 Å². The predicted molar refractivity (Wildman–Crippen MR) is 131 cm³/mol. The third-order valence-corrected chi connectivity index (χ3v) is 6.18. The lowest BCUT2D eigenvalue weighted by molar-refractivity contribution is 0.0903. The Hall–Kier alpha value is -4.36. The molecule has 2 aromatic heterocycles. The van der Waals surface area contributed by atoms with Crippen LogP contribution < -0.4 is 10.6 Å². The fourth-order valence-corrected chi connectivity index (χ4v) is 4.22. The van der Waals surface area contributed by atoms with E-state index in [9.17, 15) is 9.18 Å². The summed E-state index contributed by atoms with van der Waals surface area (Å²) in [5.41, 5.74) is 2.16. The topological polar surface area (TPSA) is 118 Å². The number of aromatic nitrogens is 4. The molecular weight excluding hydrogens is 461 g/mol. The number of ether oxygens (including phenoxy) is 1. The van der Waals surface area contributed by atoms with Crippen LogP contribution in [-0.2, 0) is 11.8 Å². The molecule has 0 saturated carbocycles. The number of fused-ring (bicyclic) bond motifs is 1. The van der Waals surface area contributed by atoms with Gasteiger partial charge in [0.1, 0.15) is 11.9 Å². The summed E-state index contributed by atoms with van der Waals surface area (Å²) in [4.78, 5) is 22.3. The molecular formula is C26H24FN7O2. The van der Waals surface area contributed by atoms with Gasteiger partial charge in [0, 0.05) is 55.2 Å². The van der Waals surface area contributed by atoms with E-state index in [4.69, 9.17) is 10.00 Å². The molecule has 10 heteroatoms. The molecule has 0 bridgehead atoms. The Kier molecular flexibility index (Phi) is 6.56. The zero-order valence-corrected chi connectivity index (χ0v) is 19.6. The van der Waals surface area contributed by atoms with Crippen molar-refractivity contribution in [1.29, 1.82) is 5.26 Å². The van der Waals surface area contributed by atoms with Crippen molar-refractivity contribution in [2.75, 3.05) is 18.5 Å². The van der Waals surface area contributed by atoms with Crippen LogP contribution in [0.2, 0.25) is 0 Å². The molecule has 0 aliphatic carbocycles. The molecule has 1 amide bonds. The van der Waals surface area contributed by atoms with Crippen molar-refractivity contribution in [2.45, 2.75) is 24.9 Å². The van der Waals surface area contributed by atoms with Gasteiger partial charge in [-0.05, 0) is 42.7 Å². The first-order valence-corrected chi connectivity index (χ1v) is 11.6. The summed E-state index contributed by atoms with van der Waals surface area (Å²) >= 11 is 0. The van der Waals surface area contributed by atoms with Crippen LogP contribution in [0.4, 0.5) is 10.3 Å². The smallest absolute Gasteiger partial charge is 0.252 e. The average molecular weight is 486 g/mol. The van der Waals surface area contributed by atoms with Gasteiger partial charge >= 0.3 is 0 Å². The highest BCUT2D eigenvalue weighted by atomic mass is 19.1. The molecule has 1 fully saturated rings. The SMILES string of the molecule is Cn1cc([C@H](NC(=O)c2ccc3cnc(NC4CCOCC4)nc3c2)c2ccc(C#N)c(F)c2)cn1. The van der Waals surface area contributed by atoms with E-state index in [0.29, 0.717) is 41.4 Å². The van der Waals surface area contributed by atoms with Crippen LogP contribution in [0.5, 0.6) is 0 Å². The maximum Gasteiger partial charge on any atom is 0.252 e. The molecule has 2 aromatic carbocycles. The molecule has 9 nitrogen and oxygen atoms in total. The van der Waals surface area contributed by atoms with Gasteiger partial charge in [-0.1, -0.05) is 12.1 Å². The van der Waals surface area contributed by atoms with Crippen molar-refractivity contribution in [3.05, 3.63) is 83.1 Å². The number of carbonyl (C=O) groups is 1. The Bertz CT molecular complexity index is 1460. The van der Waals surface area contributed by atoms with Crippen molar-refractivity contribution in [2.24, 2.45) is 7.05 Å². The van der Waals surface area contributed by atoms with Crippen LogP contribution in [0.25, 0.3) is 10.9 Å². The van der Waals surface area contributed by atoms with Gasteiger partial charge in [-0.15, -0.1) is 0 Å². The number of benzene rings is 2. The highest BCUT2D eigenvalue weighted by molar-refractivity contribution is 5.98. The number of hydrogen-bond acceptors (Lipinski definition) is 7. The van der Waals surface area contributed by atoms with Crippen molar-refractivity contribution < 1.29 is 13.9 Å². The number of anilines is 1. The number of rotatable bonds is 6. The number of nitrogens with zero attached hydrogens (tertiary/aromatic N) is 5. The van der Waals surface area contributed by atoms with E-state index in [1.807, 2.05) is 6.07 Å². The first kappa shape index (κ1) is 23.4. The lowest BCUT2D eigenvalue weighted by Crippen LogP contribution is -2.29. The first-order chi connectivity index (χ1) is 17.5. The predicted octanol–water partition coefficient (Wildman–Crippen LogP) is 3.48. The van der Waals surface area contributed by atoms with Gasteiger partial charge in [0.2, 0.25) is 5.95 Å². The fourth-order valence-electron chi connectivity index (χ4n) is 4.22. The summed E-state index contributed by atoms with van der Waals surface area (Å²) in [6.07, 6.45) is 6.86. The van der Waals surface area contributed by atoms with E-state index in [0.717, 1.165) is 18.2 Å². The van der Waals surface area contributed by atoms with Crippen molar-refractivity contribution in [3.8, 4) is 6.07 Å². The van der Waals surface area contributed by atoms with Gasteiger partial charge in [-0.3, -0.25) is 9.48 Å². The van der Waals surface area contributed by atoms with Gasteiger partial charge in [0.05, 0.1) is 23.3 Å². The maximum absolute atomic E-state index is 14.4. The van der Waals surface area contributed by atoms with Gasteiger partial charge < -0.3 is 15.4 Å². The molecule has 0 unspecified atom stereocenters. The maximum atomic E-state index is 14.4. The third-order valence-electron chi connectivity index (χ3n) is 6.18. The van der Waals surface area contributed by atoms with E-state index in [1.54, 1.807) is 54.6 Å². The Labute approximate surface area is 206 Å². The molecule has 36 heavy (non-hydrogen) atoms. The van der Waals surface area contributed by atoms with E-state index in [1.165, 1.54) is 12.1 Å². The molecule has 4 aromatic rings. The molecule has 1 atom stereocenters. The van der Waals surface area contributed by atoms with Gasteiger partial charge in [-0.2, -0.15) is 10.4 Å². The molecule has 2 N–H and O–H groups in total. The monoisotopic (exact) mass is 485 g/mol. The van der Waals surface area contributed by atoms with Crippen molar-refractivity contribution in [3.63, 3.8) is 0 Å². The second-order valence-corrected chi connectivity index (χ2v) is 8.70. The van der Waals surface area contributed by atoms with Crippen LogP contribution in [0, 0.1) is 17.1 Å². The molecule has 3 heterocycles. The van der Waals surface area contributed by atoms with Crippen LogP contribution in [0.1, 0.15) is 45.9 Å². The van der Waals surface area contributed by atoms with E-state index in [2.05, 4.69) is 25.7 Å². The highest BCUT2D eigenvalue weighted by Crippen LogP contribution is 2.25. The summed E-state index contributed by atoms with van der Waals surface area (Å²) in [6, 6.07) is 10.9. The quantitative estimate of drug-likeness (QED) is 0.429. The lowest BCUT2D eigenvalue weighted by Gasteiger charge is -2.23. The number of amides is 1. The number of halogens is 1. The fraction of sp³-hybridized carbons (Fsp3) is 0.269. The van der Waals surface area contributed by atoms with E-state index in [-0.39, 0.29) is 17.5 Å². The number of nitriles is 1. The van der Waals surface area contributed by atoms with Crippen LogP contribution >= 0.6 is 0 Å². The largest absolute Gasteiger partial charge is 0.381 e. The van der Waals surface area contributed by atoms with Gasteiger partial charge in [0.15, 0.2) is 0 Å². The summed E-state index contributed by atoms with van der Waals surface area (Å²) in [5.74, 6) is -0.494. The minimum absolute atomic E-state index is 0.0607. The number of carbonyl (C=O) groups excluding carboxylic acids is 1. The molecule has 1 aliphatic rings. The molecule has 1 saturated heterocycles. The minimum atomic E-state index is -0.666. The summed E-state index contributed by atoms with van der Waals surface area (Å²) in [7, 11) is 1.76. The van der Waals surface area contributed by atoms with Gasteiger partial charge in [-0.25, -0.2) is 14.4 Å². The highest BCUT2D eigenvalue weighted by Gasteiger charge is 2.21. The molecule has 0 radical (unpaired) electrons. The zero-order valence-electron chi connectivity index (χ0n) is 19.6. The number of aryl methyl sites for hydroxylation is 1. The molecule has 182 valence electrons. The van der Waals surface area contributed by atoms with Crippen LogP contribution in [0.3, 0.4) is 0 Å². The minimum Gasteiger partial charge on any atom is -0.381 e. The van der Waals surface area contributed by atoms with E-state index >= 15 is 0 Å². The van der Waals surface area contributed by atoms with Gasteiger partial charge in [0.25, 0.3) is 5.91 Å². The van der Waals surface area contributed by atoms with E-state index < -0.39 is 11.9 Å². The van der Waals surface area contributed by atoms with Crippen molar-refractivity contribution >= 4 is 22.8 Å². The zero-order chi connectivity index (χ0) is 25.1. The number of hydrogen-bond donors (Lipinski definition) is 2. The standard InChI is InChI=1S/C26H24FN7O2/c1-34-15-20(14-30-34)24(16-2-4-18(12-28)22(27)10-16)33-25(35)17-3-5-19-13-29-26(32-23(19)11-17)31-21-6-8-36-9-7-21/h2-5,10-11,13-15,21,24H,6-9H2,1H3,(H,33,35)(H,29,31,32)/t24-/m1/s1. The average Bonchev–Trinajstić information content (AvgIpc) is 3.33. The Morgan fingerprint density at radius 1 is 1.19 bits per heavy atom. The van der Waals surface area contributed by atoms with Crippen molar-refractivity contribution in [1.82, 2.24) is 25.1 Å². The van der Waals surface area contributed by atoms with Crippen LogP contribution in [-0.4, -0.2) is 44.9 Å². The Morgan fingerprint density at radius 3 is 2.75 bits per heavy atom. The lowest BCUT2D eigenvalue weighted by atomic mass is 9.99. The molecule has 1 aliphatic heterocycles. The number of nitrogens with one attached hydrogen (secondary N) is 2. The Balaban J connectivity index is 1.41. The Morgan fingerprint density at radius 2 is 2.03 bits per heavy atom. The summed E-state index contributed by atoms with van der Waals surface area (Å²) < 4.78 is 21.4. The summed E-state index contributed by atoms with van der Waals surface area (Å²) in [6.45, 7) is 1.41. The second kappa shape index (κ2) is 10.1. The second-order valence-electron chi connectivity index (χ2n) is 8.70. The normalized spacial score (nSPS) is 14.8. The molecule has 0 spiro atoms.